The minimum absolute atomic E-state index is 0.0893. The van der Waals surface area contributed by atoms with Crippen LogP contribution in [-0.4, -0.2) is 14.1 Å². The van der Waals surface area contributed by atoms with E-state index < -0.39 is 0 Å². The average Bonchev–Trinajstić information content (AvgIpc) is 1.68. The lowest BCUT2D eigenvalue weighted by atomic mass is 9.91. The fraction of sp³-hybridized carbons (Fsp3) is 0. The minimum atomic E-state index is 0.0893. The number of hydrogen-bond donors (Lipinski definition) is 0. The van der Waals surface area contributed by atoms with Gasteiger partial charge in [-0.25, -0.2) is 0 Å². The summed E-state index contributed by atoms with van der Waals surface area (Å²) < 4.78 is 3.97. The van der Waals surface area contributed by atoms with E-state index in [0.29, 0.717) is 111 Å². The first-order valence-electron chi connectivity index (χ1n) is 26.2. The third-order valence-electron chi connectivity index (χ3n) is 15.4. The molecule has 0 saturated carbocycles. The summed E-state index contributed by atoms with van der Waals surface area (Å²) in [4.78, 5) is 4.67. The molecule has 0 radical (unpaired) electrons. The van der Waals surface area contributed by atoms with Gasteiger partial charge in [0.25, 0.3) is 0 Å². The summed E-state index contributed by atoms with van der Waals surface area (Å²) in [5, 5.41) is 136. The molecule has 0 amide bonds. The molecular weight excluding hydrogens is 1090 g/mol. The second-order valence-corrected chi connectivity index (χ2v) is 20.0. The van der Waals surface area contributed by atoms with Crippen molar-refractivity contribution in [3.63, 3.8) is 0 Å². The van der Waals surface area contributed by atoms with Crippen LogP contribution in [0.4, 0.5) is 0 Å². The van der Waals surface area contributed by atoms with Crippen molar-refractivity contribution in [1.82, 2.24) is 14.1 Å². The smallest absolute Gasteiger partial charge is 0.0999 e. The van der Waals surface area contributed by atoms with E-state index in [-0.39, 0.29) is 72.3 Å². The predicted molar refractivity (Wildman–Crippen MR) is 321 cm³/mol. The highest BCUT2D eigenvalue weighted by Gasteiger charge is 2.26. The van der Waals surface area contributed by atoms with Crippen molar-refractivity contribution in [1.29, 1.82) is 68.4 Å². The number of nitrogens with zero attached hydrogens (tertiary/aromatic N) is 16. The Bertz CT molecular complexity index is 5380. The van der Waals surface area contributed by atoms with Crippen LogP contribution in [0.25, 0.3) is 111 Å². The van der Waals surface area contributed by atoms with Crippen LogP contribution in [-0.2, 0) is 0 Å². The second-order valence-electron chi connectivity index (χ2n) is 20.0. The van der Waals surface area contributed by atoms with Gasteiger partial charge in [-0.2, -0.15) is 68.4 Å². The Morgan fingerprint density at radius 2 is 0.523 bits per heavy atom. The monoisotopic (exact) mass is 1110 g/mol. The van der Waals surface area contributed by atoms with Crippen LogP contribution < -0.4 is 0 Å². The van der Waals surface area contributed by atoms with Gasteiger partial charge < -0.3 is 9.13 Å². The third-order valence-corrected chi connectivity index (χ3v) is 15.4. The van der Waals surface area contributed by atoms with Crippen LogP contribution in [0.1, 0.15) is 72.3 Å². The van der Waals surface area contributed by atoms with Crippen molar-refractivity contribution < 1.29 is 0 Å². The fourth-order valence-electron chi connectivity index (χ4n) is 11.8. The standard InChI is InChI=1S/C72H26N16/c73-26-40-1-6-63(87-64-7-2-45(69-49(31-78)13-41(27-74)14-50(69)32-79)22-58(64)59-23-46(3-8-65(59)87)70-51(33-80)15-42(28-75)16-52(70)34-81)57(21-40)62-39-86-12-11-68(62)88-66-9-4-47(71-53(35-82)17-43(29-76)18-54(71)36-83)24-60(66)61-25-48(5-10-67(61)88)72-55(37-84)19-44(30-77)20-56(72)38-85/h1-25,39H. The van der Waals surface area contributed by atoms with Crippen molar-refractivity contribution in [3.05, 3.63) is 230 Å². The summed E-state index contributed by atoms with van der Waals surface area (Å²) in [6.45, 7) is 0. The maximum Gasteiger partial charge on any atom is 0.0999 e. The Balaban J connectivity index is 1.16. The molecular formula is C72H26N16. The molecule has 16 nitrogen and oxygen atoms in total. The molecule has 0 unspecified atom stereocenters. The zero-order chi connectivity index (χ0) is 61.5. The van der Waals surface area contributed by atoms with E-state index in [1.807, 2.05) is 88.0 Å². The van der Waals surface area contributed by atoms with Gasteiger partial charge in [-0.05, 0) is 144 Å². The summed E-state index contributed by atoms with van der Waals surface area (Å²) in [5.74, 6) is 0. The van der Waals surface area contributed by atoms with E-state index in [1.54, 1.807) is 54.9 Å². The molecule has 0 aliphatic carbocycles. The van der Waals surface area contributed by atoms with Gasteiger partial charge in [0, 0.05) is 67.3 Å². The van der Waals surface area contributed by atoms with Gasteiger partial charge in [0.05, 0.1) is 185 Å². The SMILES string of the molecule is N#Cc1cc(C#N)c(-c2ccc3c(c2)c2cc(-c4c(C#N)cc(C#N)cc4C#N)ccc2n3-c2ccncc2-c2cc(C#N)ccc2-n2c3ccc(-c4c(C#N)cc(C#N)cc4C#N)cc3c3cc(-c4c(C#N)cc(C#N)cc4C#N)ccc32)c(C#N)c1. The zero-order valence-corrected chi connectivity index (χ0v) is 45.2. The first kappa shape index (κ1) is 53.7. The van der Waals surface area contributed by atoms with Crippen LogP contribution >= 0.6 is 0 Å². The van der Waals surface area contributed by atoms with Crippen LogP contribution in [0.15, 0.2) is 158 Å². The van der Waals surface area contributed by atoms with Gasteiger partial charge in [-0.15, -0.1) is 0 Å². The van der Waals surface area contributed by atoms with E-state index >= 15 is 0 Å². The minimum Gasteiger partial charge on any atom is -0.309 e. The van der Waals surface area contributed by atoms with Gasteiger partial charge in [0.15, 0.2) is 0 Å². The molecule has 0 atom stereocenters. The maximum absolute atomic E-state index is 10.7. The molecule has 0 fully saturated rings. The lowest BCUT2D eigenvalue weighted by molar-refractivity contribution is 1.14. The molecule has 0 saturated heterocycles. The van der Waals surface area contributed by atoms with Crippen molar-refractivity contribution in [2.24, 2.45) is 0 Å². The zero-order valence-electron chi connectivity index (χ0n) is 45.2. The molecule has 12 aromatic rings. The predicted octanol–water partition coefficient (Wildman–Crippen LogP) is 13.9. The van der Waals surface area contributed by atoms with Gasteiger partial charge >= 0.3 is 0 Å². The van der Waals surface area contributed by atoms with E-state index in [2.05, 4.69) is 59.6 Å². The molecule has 394 valence electrons. The average molecular weight is 1120 g/mol. The number of hydrogen-bond acceptors (Lipinski definition) is 14. The Morgan fingerprint density at radius 3 is 0.784 bits per heavy atom. The molecule has 16 heteroatoms. The Labute approximate surface area is 499 Å². The topological polar surface area (TPSA) is 332 Å². The Kier molecular flexibility index (Phi) is 13.1. The summed E-state index contributed by atoms with van der Waals surface area (Å²) >= 11 is 0. The number of rotatable bonds is 7. The highest BCUT2D eigenvalue weighted by molar-refractivity contribution is 6.14. The van der Waals surface area contributed by atoms with Gasteiger partial charge in [-0.3, -0.25) is 4.98 Å². The quantitative estimate of drug-likeness (QED) is 0.143. The first-order valence-corrected chi connectivity index (χ1v) is 26.2. The van der Waals surface area contributed by atoms with Gasteiger partial charge in [0.1, 0.15) is 0 Å². The molecule has 0 bridgehead atoms. The lowest BCUT2D eigenvalue weighted by Gasteiger charge is -2.19. The van der Waals surface area contributed by atoms with E-state index in [0.717, 1.165) is 0 Å². The molecule has 0 spiro atoms. The number of fused-ring (bicyclic) bond motifs is 6. The number of benzene rings is 9. The lowest BCUT2D eigenvalue weighted by Crippen LogP contribution is -2.03. The van der Waals surface area contributed by atoms with Crippen LogP contribution in [0.5, 0.6) is 0 Å². The summed E-state index contributed by atoms with van der Waals surface area (Å²) in [6, 6.07) is 67.6. The van der Waals surface area contributed by atoms with E-state index in [1.165, 1.54) is 48.5 Å². The molecule has 0 N–H and O–H groups in total. The molecule has 3 heterocycles. The summed E-state index contributed by atoms with van der Waals surface area (Å²) in [5.41, 5.74) is 9.11. The summed E-state index contributed by atoms with van der Waals surface area (Å²) in [7, 11) is 0. The molecule has 0 aliphatic heterocycles. The number of pyridine rings is 1. The maximum atomic E-state index is 10.7. The van der Waals surface area contributed by atoms with Crippen LogP contribution in [0, 0.1) is 147 Å². The number of aromatic nitrogens is 3. The molecule has 12 rings (SSSR count). The first-order chi connectivity index (χ1) is 43.0. The highest BCUT2D eigenvalue weighted by atomic mass is 15.0. The van der Waals surface area contributed by atoms with Gasteiger partial charge in [-0.1, -0.05) is 24.3 Å². The normalized spacial score (nSPS) is 10.4. The second kappa shape index (κ2) is 21.5. The molecule has 3 aromatic heterocycles. The van der Waals surface area contributed by atoms with Gasteiger partial charge in [0.2, 0.25) is 0 Å². The molecule has 88 heavy (non-hydrogen) atoms. The molecule has 9 aromatic carbocycles. The fourth-order valence-corrected chi connectivity index (χ4v) is 11.8. The van der Waals surface area contributed by atoms with E-state index in [4.69, 9.17) is 0 Å². The Morgan fingerprint density at radius 1 is 0.250 bits per heavy atom. The molecule has 0 aliphatic rings. The van der Waals surface area contributed by atoms with Crippen molar-refractivity contribution in [3.8, 4) is 146 Å². The van der Waals surface area contributed by atoms with Crippen molar-refractivity contribution in [2.45, 2.75) is 0 Å². The Hall–Kier alpha value is -14.9. The van der Waals surface area contributed by atoms with E-state index in [9.17, 15) is 68.4 Å². The highest BCUT2D eigenvalue weighted by Crippen LogP contribution is 2.46. The van der Waals surface area contributed by atoms with Crippen LogP contribution in [0.3, 0.4) is 0 Å². The summed E-state index contributed by atoms with van der Waals surface area (Å²) in [6.07, 6.45) is 3.28. The van der Waals surface area contributed by atoms with Crippen LogP contribution in [0.2, 0.25) is 0 Å². The largest absolute Gasteiger partial charge is 0.309 e. The van der Waals surface area contributed by atoms with Crippen molar-refractivity contribution in [2.75, 3.05) is 0 Å². The number of nitriles is 13. The third kappa shape index (κ3) is 8.47. The van der Waals surface area contributed by atoms with Crippen molar-refractivity contribution >= 4 is 43.6 Å².